The first-order chi connectivity index (χ1) is 6.27. The molecule has 68 valence electrons. The number of hydrazone groups is 1. The van der Waals surface area contributed by atoms with Crippen LogP contribution in [0.3, 0.4) is 0 Å². The van der Waals surface area contributed by atoms with Gasteiger partial charge in [0, 0.05) is 12.6 Å². The lowest BCUT2D eigenvalue weighted by molar-refractivity contribution is -0.118. The van der Waals surface area contributed by atoms with Gasteiger partial charge in [-0.2, -0.15) is 10.1 Å². The normalized spacial score (nSPS) is 16.7. The first-order valence-corrected chi connectivity index (χ1v) is 5.49. The van der Waals surface area contributed by atoms with Crippen molar-refractivity contribution in [3.05, 3.63) is 15.9 Å². The summed E-state index contributed by atoms with van der Waals surface area (Å²) >= 11 is 4.85. The van der Waals surface area contributed by atoms with Crippen molar-refractivity contribution in [1.29, 1.82) is 0 Å². The van der Waals surface area contributed by atoms with E-state index in [-0.39, 0.29) is 5.91 Å². The van der Waals surface area contributed by atoms with Crippen LogP contribution in [0.4, 0.5) is 5.00 Å². The predicted octanol–water partition coefficient (Wildman–Crippen LogP) is 2.62. The van der Waals surface area contributed by atoms with Gasteiger partial charge in [0.1, 0.15) is 5.00 Å². The number of anilines is 1. The van der Waals surface area contributed by atoms with Gasteiger partial charge < -0.3 is 0 Å². The van der Waals surface area contributed by atoms with Gasteiger partial charge in [0.15, 0.2) is 0 Å². The summed E-state index contributed by atoms with van der Waals surface area (Å²) in [5, 5.41) is 6.37. The summed E-state index contributed by atoms with van der Waals surface area (Å²) in [6, 6.07) is 3.80. The molecular weight excluding hydrogens is 252 g/mol. The van der Waals surface area contributed by atoms with Crippen molar-refractivity contribution in [2.24, 2.45) is 5.10 Å². The zero-order chi connectivity index (χ0) is 9.26. The average Bonchev–Trinajstić information content (AvgIpc) is 2.53. The Kier molecular flexibility index (Phi) is 2.46. The quantitative estimate of drug-likeness (QED) is 0.763. The zero-order valence-corrected chi connectivity index (χ0v) is 9.14. The van der Waals surface area contributed by atoms with Crippen LogP contribution in [0.15, 0.2) is 21.0 Å². The molecule has 1 amide bonds. The monoisotopic (exact) mass is 258 g/mol. The van der Waals surface area contributed by atoms with Crippen LogP contribution in [0.25, 0.3) is 0 Å². The number of nitrogens with zero attached hydrogens (tertiary/aromatic N) is 2. The van der Waals surface area contributed by atoms with Gasteiger partial charge in [-0.25, -0.2) is 0 Å². The second-order valence-corrected chi connectivity index (χ2v) is 5.06. The zero-order valence-electron chi connectivity index (χ0n) is 6.74. The minimum Gasteiger partial charge on any atom is -0.273 e. The van der Waals surface area contributed by atoms with E-state index in [4.69, 9.17) is 0 Å². The molecular formula is C8H7BrN2OS. The van der Waals surface area contributed by atoms with Crippen molar-refractivity contribution < 1.29 is 4.79 Å². The second kappa shape index (κ2) is 3.59. The average molecular weight is 259 g/mol. The Bertz CT molecular complexity index is 361. The van der Waals surface area contributed by atoms with Crippen LogP contribution in [-0.2, 0) is 4.79 Å². The molecule has 1 aromatic rings. The largest absolute Gasteiger partial charge is 0.273 e. The fourth-order valence-corrected chi connectivity index (χ4v) is 2.43. The van der Waals surface area contributed by atoms with Gasteiger partial charge >= 0.3 is 0 Å². The number of halogens is 1. The van der Waals surface area contributed by atoms with Gasteiger partial charge in [-0.05, 0) is 34.5 Å². The van der Waals surface area contributed by atoms with Gasteiger partial charge in [-0.15, -0.1) is 11.3 Å². The fourth-order valence-electron chi connectivity index (χ4n) is 1.10. The molecule has 0 fully saturated rings. The lowest BCUT2D eigenvalue weighted by Gasteiger charge is -2.17. The highest BCUT2D eigenvalue weighted by molar-refractivity contribution is 9.11. The number of amides is 1. The lowest BCUT2D eigenvalue weighted by atomic mass is 10.3. The Hall–Kier alpha value is -0.680. The highest BCUT2D eigenvalue weighted by Crippen LogP contribution is 2.31. The summed E-state index contributed by atoms with van der Waals surface area (Å²) in [5.41, 5.74) is 0. The van der Waals surface area contributed by atoms with Crippen LogP contribution in [0.2, 0.25) is 0 Å². The molecule has 2 rings (SSSR count). The van der Waals surface area contributed by atoms with Crippen molar-refractivity contribution in [3.8, 4) is 0 Å². The van der Waals surface area contributed by atoms with E-state index in [1.807, 2.05) is 12.1 Å². The molecule has 1 aliphatic rings. The fraction of sp³-hybridized carbons (Fsp3) is 0.250. The highest BCUT2D eigenvalue weighted by atomic mass is 79.9. The number of hydrogen-bond acceptors (Lipinski definition) is 3. The Morgan fingerprint density at radius 3 is 3.00 bits per heavy atom. The third-order valence-electron chi connectivity index (χ3n) is 1.69. The van der Waals surface area contributed by atoms with Gasteiger partial charge in [0.05, 0.1) is 3.79 Å². The van der Waals surface area contributed by atoms with Crippen LogP contribution >= 0.6 is 27.3 Å². The van der Waals surface area contributed by atoms with Crippen molar-refractivity contribution in [2.75, 3.05) is 5.01 Å². The van der Waals surface area contributed by atoms with E-state index in [0.29, 0.717) is 6.42 Å². The third-order valence-corrected chi connectivity index (χ3v) is 3.29. The molecule has 3 nitrogen and oxygen atoms in total. The van der Waals surface area contributed by atoms with Gasteiger partial charge in [0.25, 0.3) is 0 Å². The maximum absolute atomic E-state index is 11.4. The molecule has 1 aliphatic heterocycles. The van der Waals surface area contributed by atoms with Crippen LogP contribution in [0.1, 0.15) is 12.8 Å². The molecule has 0 saturated heterocycles. The minimum absolute atomic E-state index is 0.0665. The molecule has 1 aromatic heterocycles. The topological polar surface area (TPSA) is 32.7 Å². The number of thiophene rings is 1. The molecule has 0 aliphatic carbocycles. The van der Waals surface area contributed by atoms with E-state index in [2.05, 4.69) is 21.0 Å². The Balaban J connectivity index is 2.29. The maximum atomic E-state index is 11.4. The van der Waals surface area contributed by atoms with E-state index >= 15 is 0 Å². The summed E-state index contributed by atoms with van der Waals surface area (Å²) in [4.78, 5) is 11.4. The molecule has 2 heterocycles. The predicted molar refractivity (Wildman–Crippen MR) is 57.2 cm³/mol. The number of hydrogen-bond donors (Lipinski definition) is 0. The van der Waals surface area contributed by atoms with E-state index in [1.165, 1.54) is 16.3 Å². The van der Waals surface area contributed by atoms with Crippen molar-refractivity contribution in [1.82, 2.24) is 0 Å². The number of rotatable bonds is 1. The molecule has 0 spiro atoms. The Morgan fingerprint density at radius 2 is 2.38 bits per heavy atom. The molecule has 0 radical (unpaired) electrons. The lowest BCUT2D eigenvalue weighted by Crippen LogP contribution is -2.27. The smallest absolute Gasteiger partial charge is 0.248 e. The Morgan fingerprint density at radius 1 is 1.54 bits per heavy atom. The summed E-state index contributed by atoms with van der Waals surface area (Å²) in [6.07, 6.45) is 3.08. The second-order valence-electron chi connectivity index (χ2n) is 2.62. The molecule has 0 N–H and O–H groups in total. The standard InChI is InChI=1S/C8H7BrN2OS/c9-6-3-4-8(13-6)11-7(12)2-1-5-10-11/h3-5H,1-2H2. The maximum Gasteiger partial charge on any atom is 0.248 e. The SMILES string of the molecule is O=C1CCC=NN1c1ccc(Br)s1. The van der Waals surface area contributed by atoms with E-state index < -0.39 is 0 Å². The number of carbonyl (C=O) groups excluding carboxylic acids is 1. The minimum atomic E-state index is 0.0665. The first kappa shape index (κ1) is 8.90. The van der Waals surface area contributed by atoms with Crippen LogP contribution in [0.5, 0.6) is 0 Å². The summed E-state index contributed by atoms with van der Waals surface area (Å²) < 4.78 is 1.01. The number of carbonyl (C=O) groups is 1. The molecule has 5 heteroatoms. The Labute approximate surface area is 88.2 Å². The van der Waals surface area contributed by atoms with Crippen molar-refractivity contribution in [3.63, 3.8) is 0 Å². The van der Waals surface area contributed by atoms with E-state index in [9.17, 15) is 4.79 Å². The molecule has 13 heavy (non-hydrogen) atoms. The van der Waals surface area contributed by atoms with Gasteiger partial charge in [-0.3, -0.25) is 4.79 Å². The van der Waals surface area contributed by atoms with Gasteiger partial charge in [0.2, 0.25) is 5.91 Å². The highest BCUT2D eigenvalue weighted by Gasteiger charge is 2.18. The molecule has 0 unspecified atom stereocenters. The van der Waals surface area contributed by atoms with Crippen LogP contribution < -0.4 is 5.01 Å². The van der Waals surface area contributed by atoms with Gasteiger partial charge in [-0.1, -0.05) is 0 Å². The first-order valence-electron chi connectivity index (χ1n) is 3.88. The molecule has 0 atom stereocenters. The summed E-state index contributed by atoms with van der Waals surface area (Å²) in [6.45, 7) is 0. The van der Waals surface area contributed by atoms with E-state index in [1.54, 1.807) is 6.21 Å². The van der Waals surface area contributed by atoms with Crippen LogP contribution in [-0.4, -0.2) is 12.1 Å². The van der Waals surface area contributed by atoms with Crippen molar-refractivity contribution >= 4 is 44.4 Å². The summed E-state index contributed by atoms with van der Waals surface area (Å²) in [5.74, 6) is 0.0665. The van der Waals surface area contributed by atoms with Crippen LogP contribution in [0, 0.1) is 0 Å². The van der Waals surface area contributed by atoms with E-state index in [0.717, 1.165) is 15.2 Å². The summed E-state index contributed by atoms with van der Waals surface area (Å²) in [7, 11) is 0. The van der Waals surface area contributed by atoms with Crippen molar-refractivity contribution in [2.45, 2.75) is 12.8 Å². The molecule has 0 aromatic carbocycles. The third kappa shape index (κ3) is 1.81. The molecule has 0 saturated carbocycles. The molecule has 0 bridgehead atoms.